The molecule has 0 unspecified atom stereocenters. The lowest BCUT2D eigenvalue weighted by Crippen LogP contribution is -2.47. The Bertz CT molecular complexity index is 1020. The zero-order chi connectivity index (χ0) is 28.6. The Labute approximate surface area is 210 Å². The monoisotopic (exact) mass is 560 g/mol. The third-order valence-electron chi connectivity index (χ3n) is 5.24. The minimum Gasteiger partial charge on any atom is -0.475 e. The van der Waals surface area contributed by atoms with E-state index in [4.69, 9.17) is 33.7 Å². The maximum absolute atomic E-state index is 13.7. The molecule has 4 heterocycles. The number of hydrogen-bond acceptors (Lipinski definition) is 7. The van der Waals surface area contributed by atoms with Crippen molar-refractivity contribution < 1.29 is 64.4 Å². The van der Waals surface area contributed by atoms with Gasteiger partial charge in [0.25, 0.3) is 5.88 Å². The van der Waals surface area contributed by atoms with Crippen LogP contribution in [-0.2, 0) is 20.9 Å². The molecule has 0 aliphatic carbocycles. The number of likely N-dealkylation sites (tertiary alicyclic amines) is 1. The summed E-state index contributed by atoms with van der Waals surface area (Å²) in [5.74, 6) is -4.92. The molecule has 2 fully saturated rings. The van der Waals surface area contributed by atoms with Crippen LogP contribution in [0.2, 0.25) is 0 Å². The topological polar surface area (TPSA) is 122 Å². The largest absolute Gasteiger partial charge is 0.490 e. The Morgan fingerprint density at radius 1 is 1.11 bits per heavy atom. The smallest absolute Gasteiger partial charge is 0.475 e. The van der Waals surface area contributed by atoms with Crippen LogP contribution >= 0.6 is 0 Å². The molecule has 2 aliphatic rings. The van der Waals surface area contributed by atoms with E-state index >= 15 is 0 Å². The maximum atomic E-state index is 13.7. The average molecular weight is 560 g/mol. The molecule has 2 saturated heterocycles. The summed E-state index contributed by atoms with van der Waals surface area (Å²) < 4.78 is 94.5. The predicted octanol–water partition coefficient (Wildman–Crippen LogP) is 4.28. The second kappa shape index (κ2) is 12.9. The summed E-state index contributed by atoms with van der Waals surface area (Å²) in [6.07, 6.45) is -4.24. The number of carbonyl (C=O) groups is 2. The minimum atomic E-state index is -5.08. The number of hydrogen-bond donors (Lipinski definition) is 2. The lowest BCUT2D eigenvalue weighted by molar-refractivity contribution is -0.193. The molecule has 2 aromatic rings. The number of pyridine rings is 1. The molecule has 2 aliphatic heterocycles. The lowest BCUT2D eigenvalue weighted by Gasteiger charge is -2.39. The van der Waals surface area contributed by atoms with Crippen molar-refractivity contribution in [1.82, 2.24) is 9.88 Å². The number of furan rings is 1. The molecule has 1 spiro atoms. The first-order chi connectivity index (χ1) is 17.6. The minimum absolute atomic E-state index is 0.0615. The van der Waals surface area contributed by atoms with Gasteiger partial charge in [0.1, 0.15) is 11.9 Å². The van der Waals surface area contributed by atoms with Gasteiger partial charge in [-0.3, -0.25) is 4.90 Å². The highest BCUT2D eigenvalue weighted by atomic mass is 19.4. The molecule has 2 N–H and O–H groups in total. The van der Waals surface area contributed by atoms with Crippen LogP contribution in [-0.4, -0.2) is 75.8 Å². The van der Waals surface area contributed by atoms with E-state index in [2.05, 4.69) is 9.88 Å². The molecular formula is C22H23F7N2O7. The van der Waals surface area contributed by atoms with Crippen molar-refractivity contribution in [2.75, 3.05) is 19.7 Å². The number of ether oxygens (including phenoxy) is 2. The van der Waals surface area contributed by atoms with Crippen LogP contribution in [0, 0.1) is 5.82 Å². The van der Waals surface area contributed by atoms with E-state index in [-0.39, 0.29) is 17.6 Å². The highest BCUT2D eigenvalue weighted by molar-refractivity contribution is 5.73. The van der Waals surface area contributed by atoms with Gasteiger partial charge in [-0.1, -0.05) is 0 Å². The Morgan fingerprint density at radius 3 is 2.26 bits per heavy atom. The van der Waals surface area contributed by atoms with Crippen molar-refractivity contribution in [1.29, 1.82) is 0 Å². The van der Waals surface area contributed by atoms with Crippen molar-refractivity contribution in [2.24, 2.45) is 0 Å². The number of alkyl halides is 6. The molecule has 0 amide bonds. The number of aromatic nitrogens is 1. The van der Waals surface area contributed by atoms with E-state index in [0.29, 0.717) is 6.61 Å². The van der Waals surface area contributed by atoms with E-state index in [9.17, 15) is 30.7 Å². The highest BCUT2D eigenvalue weighted by Gasteiger charge is 2.45. The van der Waals surface area contributed by atoms with Gasteiger partial charge in [0.15, 0.2) is 5.82 Å². The summed E-state index contributed by atoms with van der Waals surface area (Å²) in [5, 5.41) is 14.2. The van der Waals surface area contributed by atoms with E-state index in [1.54, 1.807) is 12.3 Å². The van der Waals surface area contributed by atoms with E-state index in [1.165, 1.54) is 12.3 Å². The van der Waals surface area contributed by atoms with Gasteiger partial charge in [0.2, 0.25) is 0 Å². The molecule has 2 aromatic heterocycles. The molecule has 0 radical (unpaired) electrons. The van der Waals surface area contributed by atoms with Gasteiger partial charge in [-0.15, -0.1) is 0 Å². The molecule has 0 bridgehead atoms. The fourth-order valence-corrected chi connectivity index (χ4v) is 3.73. The molecule has 0 saturated carbocycles. The average Bonchev–Trinajstić information content (AvgIpc) is 3.45. The van der Waals surface area contributed by atoms with Crippen LogP contribution in [0.3, 0.4) is 0 Å². The molecular weight excluding hydrogens is 537 g/mol. The normalized spacial score (nSPS) is 21.6. The third-order valence-corrected chi connectivity index (χ3v) is 5.24. The van der Waals surface area contributed by atoms with Gasteiger partial charge < -0.3 is 24.1 Å². The molecule has 212 valence electrons. The van der Waals surface area contributed by atoms with Crippen molar-refractivity contribution in [3.8, 4) is 5.88 Å². The van der Waals surface area contributed by atoms with Gasteiger partial charge in [-0.25, -0.2) is 19.0 Å². The molecule has 2 atom stereocenters. The van der Waals surface area contributed by atoms with Crippen molar-refractivity contribution in [3.63, 3.8) is 0 Å². The van der Waals surface area contributed by atoms with Crippen LogP contribution in [0.25, 0.3) is 0 Å². The number of rotatable bonds is 4. The summed E-state index contributed by atoms with van der Waals surface area (Å²) in [6, 6.07) is 6.82. The zero-order valence-corrected chi connectivity index (χ0v) is 19.5. The van der Waals surface area contributed by atoms with Crippen LogP contribution in [0.15, 0.2) is 41.1 Å². The molecule has 4 rings (SSSR count). The summed E-state index contributed by atoms with van der Waals surface area (Å²) in [6.45, 7) is 3.15. The van der Waals surface area contributed by atoms with Crippen LogP contribution in [0.5, 0.6) is 5.88 Å². The number of piperidine rings is 1. The van der Waals surface area contributed by atoms with Crippen molar-refractivity contribution in [3.05, 3.63) is 48.3 Å². The Balaban J connectivity index is 0.000000301. The number of carboxylic acids is 2. The Hall–Kier alpha value is -3.40. The summed E-state index contributed by atoms with van der Waals surface area (Å²) in [7, 11) is 0. The van der Waals surface area contributed by atoms with Gasteiger partial charge in [0, 0.05) is 19.2 Å². The molecule has 16 heteroatoms. The first kappa shape index (κ1) is 30.8. The second-order valence-corrected chi connectivity index (χ2v) is 8.23. The zero-order valence-electron chi connectivity index (χ0n) is 19.5. The van der Waals surface area contributed by atoms with Crippen LogP contribution < -0.4 is 4.74 Å². The molecule has 9 nitrogen and oxygen atoms in total. The Kier molecular flexibility index (Phi) is 10.5. The lowest BCUT2D eigenvalue weighted by atomic mass is 9.89. The summed E-state index contributed by atoms with van der Waals surface area (Å²) >= 11 is 0. The standard InChI is InChI=1S/C18H21FN2O3.2C2HF3O2/c19-16-5-1-7-20-17(16)24-15-10-18(23-12-15)6-3-8-21(13-18)11-14-4-2-9-22-14;2*3-2(4,5)1(6)7/h1-2,4-5,7,9,15H,3,6,8,10-13H2;2*(H,6,7)/t15-,18+;;/m1../s1. The Morgan fingerprint density at radius 2 is 1.74 bits per heavy atom. The van der Waals surface area contributed by atoms with E-state index < -0.39 is 30.1 Å². The first-order valence-corrected chi connectivity index (χ1v) is 10.9. The summed E-state index contributed by atoms with van der Waals surface area (Å²) in [5.41, 5.74) is -0.208. The van der Waals surface area contributed by atoms with Crippen molar-refractivity contribution >= 4 is 11.9 Å². The summed E-state index contributed by atoms with van der Waals surface area (Å²) in [4.78, 5) is 24.1. The van der Waals surface area contributed by atoms with Crippen molar-refractivity contribution in [2.45, 2.75) is 49.9 Å². The van der Waals surface area contributed by atoms with Gasteiger partial charge in [0.05, 0.1) is 25.0 Å². The van der Waals surface area contributed by atoms with Crippen LogP contribution in [0.4, 0.5) is 30.7 Å². The number of nitrogens with zero attached hydrogens (tertiary/aromatic N) is 2. The first-order valence-electron chi connectivity index (χ1n) is 10.9. The maximum Gasteiger partial charge on any atom is 0.490 e. The fraction of sp³-hybridized carbons (Fsp3) is 0.500. The molecule has 0 aromatic carbocycles. The highest BCUT2D eigenvalue weighted by Crippen LogP contribution is 2.36. The van der Waals surface area contributed by atoms with E-state index in [1.807, 2.05) is 12.1 Å². The third kappa shape index (κ3) is 9.81. The van der Waals surface area contributed by atoms with Crippen LogP contribution in [0.1, 0.15) is 25.0 Å². The van der Waals surface area contributed by atoms with Gasteiger partial charge in [-0.2, -0.15) is 26.3 Å². The SMILES string of the molecule is Fc1cccnc1O[C@H]1CO[C@@]2(CCCN(Cc3ccco3)C2)C1.O=C(O)C(F)(F)F.O=C(O)C(F)(F)F. The number of halogens is 7. The van der Waals surface area contributed by atoms with Gasteiger partial charge in [-0.05, 0) is 43.7 Å². The fourth-order valence-electron chi connectivity index (χ4n) is 3.73. The second-order valence-electron chi connectivity index (χ2n) is 8.23. The number of carboxylic acid groups (broad SMARTS) is 2. The predicted molar refractivity (Wildman–Crippen MR) is 113 cm³/mol. The number of aliphatic carboxylic acids is 2. The molecule has 38 heavy (non-hydrogen) atoms. The van der Waals surface area contributed by atoms with Gasteiger partial charge >= 0.3 is 24.3 Å². The van der Waals surface area contributed by atoms with E-state index in [0.717, 1.165) is 44.7 Å². The quantitative estimate of drug-likeness (QED) is 0.528.